The fraction of sp³-hybridized carbons (Fsp3) is 0.316. The van der Waals surface area contributed by atoms with Crippen molar-refractivity contribution in [3.8, 4) is 5.75 Å². The summed E-state index contributed by atoms with van der Waals surface area (Å²) in [4.78, 5) is 12.4. The zero-order valence-corrected chi connectivity index (χ0v) is 13.7. The maximum absolute atomic E-state index is 13.7. The lowest BCUT2D eigenvalue weighted by Crippen LogP contribution is -2.39. The number of ether oxygens (including phenoxy) is 1. The predicted octanol–water partition coefficient (Wildman–Crippen LogP) is 4.17. The summed E-state index contributed by atoms with van der Waals surface area (Å²) < 4.78 is 19.2. The monoisotopic (exact) mass is 315 g/mol. The predicted molar refractivity (Wildman–Crippen MR) is 88.8 cm³/mol. The first-order chi connectivity index (χ1) is 11.0. The van der Waals surface area contributed by atoms with Gasteiger partial charge in [0.15, 0.2) is 17.7 Å². The van der Waals surface area contributed by atoms with Crippen LogP contribution in [-0.4, -0.2) is 12.0 Å². The molecule has 0 heterocycles. The molecule has 0 bridgehead atoms. The Hall–Kier alpha value is -2.36. The third-order valence-corrected chi connectivity index (χ3v) is 3.71. The quantitative estimate of drug-likeness (QED) is 0.869. The summed E-state index contributed by atoms with van der Waals surface area (Å²) in [6.07, 6.45) is -0.263. The second-order valence-electron chi connectivity index (χ2n) is 5.59. The third-order valence-electron chi connectivity index (χ3n) is 3.71. The highest BCUT2D eigenvalue weighted by atomic mass is 19.1. The molecule has 2 rings (SSSR count). The number of rotatable bonds is 6. The average molecular weight is 315 g/mol. The lowest BCUT2D eigenvalue weighted by atomic mass is 10.1. The topological polar surface area (TPSA) is 38.3 Å². The molecular weight excluding hydrogens is 293 g/mol. The molecule has 0 aliphatic heterocycles. The van der Waals surface area contributed by atoms with E-state index >= 15 is 0 Å². The van der Waals surface area contributed by atoms with Gasteiger partial charge in [0.1, 0.15) is 0 Å². The molecule has 4 heteroatoms. The molecule has 2 aromatic rings. The summed E-state index contributed by atoms with van der Waals surface area (Å²) in [5.41, 5.74) is 2.19. The Morgan fingerprint density at radius 1 is 1.17 bits per heavy atom. The minimum atomic E-state index is -0.722. The second-order valence-corrected chi connectivity index (χ2v) is 5.59. The maximum Gasteiger partial charge on any atom is 0.261 e. The zero-order valence-electron chi connectivity index (χ0n) is 13.7. The first kappa shape index (κ1) is 17.0. The van der Waals surface area contributed by atoms with Crippen molar-refractivity contribution < 1.29 is 13.9 Å². The number of aryl methyl sites for hydroxylation is 1. The first-order valence-electron chi connectivity index (χ1n) is 7.79. The molecule has 0 fully saturated rings. The van der Waals surface area contributed by atoms with Gasteiger partial charge in [0.25, 0.3) is 5.91 Å². The van der Waals surface area contributed by atoms with Gasteiger partial charge < -0.3 is 10.1 Å². The number of amides is 1. The highest BCUT2D eigenvalue weighted by molar-refractivity contribution is 5.81. The third kappa shape index (κ3) is 4.55. The van der Waals surface area contributed by atoms with Crippen LogP contribution in [0.4, 0.5) is 4.39 Å². The van der Waals surface area contributed by atoms with Gasteiger partial charge in [-0.15, -0.1) is 0 Å². The van der Waals surface area contributed by atoms with Crippen molar-refractivity contribution in [2.75, 3.05) is 0 Å². The van der Waals surface area contributed by atoms with Crippen LogP contribution in [0.2, 0.25) is 0 Å². The molecule has 3 nitrogen and oxygen atoms in total. The fourth-order valence-electron chi connectivity index (χ4n) is 2.26. The Labute approximate surface area is 136 Å². The van der Waals surface area contributed by atoms with E-state index < -0.39 is 11.9 Å². The fourth-order valence-corrected chi connectivity index (χ4v) is 2.26. The molecule has 0 radical (unpaired) electrons. The number of halogens is 1. The molecule has 1 amide bonds. The molecule has 0 aliphatic carbocycles. The van der Waals surface area contributed by atoms with Crippen molar-refractivity contribution in [2.45, 2.75) is 39.3 Å². The van der Waals surface area contributed by atoms with Crippen molar-refractivity contribution in [2.24, 2.45) is 0 Å². The summed E-state index contributed by atoms with van der Waals surface area (Å²) in [7, 11) is 0. The highest BCUT2D eigenvalue weighted by Gasteiger charge is 2.21. The van der Waals surface area contributed by atoms with E-state index in [4.69, 9.17) is 4.74 Å². The van der Waals surface area contributed by atoms with Crippen LogP contribution in [0.3, 0.4) is 0 Å². The molecule has 0 saturated heterocycles. The van der Waals surface area contributed by atoms with Gasteiger partial charge in [-0.1, -0.05) is 48.9 Å². The Morgan fingerprint density at radius 3 is 2.43 bits per heavy atom. The van der Waals surface area contributed by atoms with Crippen molar-refractivity contribution in [1.82, 2.24) is 5.32 Å². The summed E-state index contributed by atoms with van der Waals surface area (Å²) in [6, 6.07) is 13.9. The molecule has 2 atom stereocenters. The number of hydrogen-bond acceptors (Lipinski definition) is 2. The van der Waals surface area contributed by atoms with Crippen LogP contribution in [0.5, 0.6) is 5.75 Å². The van der Waals surface area contributed by atoms with Gasteiger partial charge in [0.2, 0.25) is 0 Å². The number of carbonyl (C=O) groups excluding carboxylic acids is 1. The van der Waals surface area contributed by atoms with Crippen molar-refractivity contribution in [3.63, 3.8) is 0 Å². The van der Waals surface area contributed by atoms with Gasteiger partial charge in [-0.25, -0.2) is 4.39 Å². The van der Waals surface area contributed by atoms with Crippen LogP contribution in [0, 0.1) is 12.7 Å². The molecule has 0 unspecified atom stereocenters. The summed E-state index contributed by atoms with van der Waals surface area (Å²) >= 11 is 0. The van der Waals surface area contributed by atoms with Crippen LogP contribution >= 0.6 is 0 Å². The lowest BCUT2D eigenvalue weighted by molar-refractivity contribution is -0.128. The van der Waals surface area contributed by atoms with Crippen LogP contribution in [0.25, 0.3) is 0 Å². The normalized spacial score (nSPS) is 13.2. The number of carbonyl (C=O) groups is 1. The van der Waals surface area contributed by atoms with Crippen LogP contribution in [0.1, 0.15) is 37.4 Å². The van der Waals surface area contributed by atoms with Gasteiger partial charge in [-0.3, -0.25) is 4.79 Å². The van der Waals surface area contributed by atoms with E-state index in [0.29, 0.717) is 6.42 Å². The average Bonchev–Trinajstić information content (AvgIpc) is 2.54. The van der Waals surface area contributed by atoms with E-state index in [1.807, 2.05) is 45.0 Å². The molecule has 23 heavy (non-hydrogen) atoms. The van der Waals surface area contributed by atoms with Gasteiger partial charge in [0.05, 0.1) is 6.04 Å². The molecule has 0 saturated carbocycles. The van der Waals surface area contributed by atoms with E-state index in [1.54, 1.807) is 12.1 Å². The Morgan fingerprint density at radius 2 is 1.83 bits per heavy atom. The smallest absolute Gasteiger partial charge is 0.261 e. The number of hydrogen-bond donors (Lipinski definition) is 1. The lowest BCUT2D eigenvalue weighted by Gasteiger charge is -2.21. The van der Waals surface area contributed by atoms with E-state index in [0.717, 1.165) is 5.56 Å². The van der Waals surface area contributed by atoms with E-state index in [-0.39, 0.29) is 17.7 Å². The second kappa shape index (κ2) is 7.77. The summed E-state index contributed by atoms with van der Waals surface area (Å²) in [5, 5.41) is 2.92. The van der Waals surface area contributed by atoms with Crippen LogP contribution in [-0.2, 0) is 4.79 Å². The number of nitrogens with one attached hydrogen (secondary N) is 1. The van der Waals surface area contributed by atoms with Crippen molar-refractivity contribution in [3.05, 3.63) is 65.5 Å². The minimum Gasteiger partial charge on any atom is -0.478 e. The number of para-hydroxylation sites is 1. The molecule has 1 N–H and O–H groups in total. The highest BCUT2D eigenvalue weighted by Crippen LogP contribution is 2.19. The zero-order chi connectivity index (χ0) is 16.8. The standard InChI is InChI=1S/C19H22FNO2/c1-4-17(23-18-8-6-5-7-16(18)20)19(22)21-14(3)15-11-9-13(2)10-12-15/h5-12,14,17H,4H2,1-3H3,(H,21,22)/t14-,17-/m1/s1. The van der Waals surface area contributed by atoms with Crippen LogP contribution in [0.15, 0.2) is 48.5 Å². The summed E-state index contributed by atoms with van der Waals surface area (Å²) in [5.74, 6) is -0.619. The SMILES string of the molecule is CC[C@@H](Oc1ccccc1F)C(=O)N[C@H](C)c1ccc(C)cc1. The maximum atomic E-state index is 13.7. The first-order valence-corrected chi connectivity index (χ1v) is 7.79. The largest absolute Gasteiger partial charge is 0.478 e. The Bertz CT molecular complexity index is 655. The van der Waals surface area contributed by atoms with Gasteiger partial charge >= 0.3 is 0 Å². The molecule has 0 aliphatic rings. The van der Waals surface area contributed by atoms with Crippen LogP contribution < -0.4 is 10.1 Å². The molecule has 0 spiro atoms. The van der Waals surface area contributed by atoms with E-state index in [9.17, 15) is 9.18 Å². The summed E-state index contributed by atoms with van der Waals surface area (Å²) in [6.45, 7) is 5.77. The van der Waals surface area contributed by atoms with Crippen molar-refractivity contribution >= 4 is 5.91 Å². The Balaban J connectivity index is 2.02. The minimum absolute atomic E-state index is 0.0949. The Kier molecular flexibility index (Phi) is 5.74. The number of benzene rings is 2. The van der Waals surface area contributed by atoms with Gasteiger partial charge in [-0.2, -0.15) is 0 Å². The van der Waals surface area contributed by atoms with Gasteiger partial charge in [0, 0.05) is 0 Å². The van der Waals surface area contributed by atoms with Gasteiger partial charge in [-0.05, 0) is 38.0 Å². The molecule has 122 valence electrons. The van der Waals surface area contributed by atoms with Crippen molar-refractivity contribution in [1.29, 1.82) is 0 Å². The van der Waals surface area contributed by atoms with E-state index in [1.165, 1.54) is 17.7 Å². The molecular formula is C19H22FNO2. The molecule has 0 aromatic heterocycles. The van der Waals surface area contributed by atoms with E-state index in [2.05, 4.69) is 5.32 Å². The molecule has 2 aromatic carbocycles.